The quantitative estimate of drug-likeness (QED) is 0.884. The van der Waals surface area contributed by atoms with Crippen LogP contribution < -0.4 is 5.32 Å². The molecular formula is C18H24ClFN2O2. The van der Waals surface area contributed by atoms with E-state index in [4.69, 9.17) is 16.3 Å². The fourth-order valence-electron chi connectivity index (χ4n) is 3.45. The van der Waals surface area contributed by atoms with Gasteiger partial charge in [-0.05, 0) is 43.4 Å². The Hall–Kier alpha value is -1.17. The van der Waals surface area contributed by atoms with Gasteiger partial charge in [0.1, 0.15) is 5.82 Å². The van der Waals surface area contributed by atoms with E-state index in [0.717, 1.165) is 45.5 Å². The molecule has 0 saturated carbocycles. The van der Waals surface area contributed by atoms with Gasteiger partial charge >= 0.3 is 0 Å². The maximum absolute atomic E-state index is 13.0. The Morgan fingerprint density at radius 3 is 2.79 bits per heavy atom. The Labute approximate surface area is 147 Å². The van der Waals surface area contributed by atoms with Crippen molar-refractivity contribution in [2.75, 3.05) is 26.2 Å². The summed E-state index contributed by atoms with van der Waals surface area (Å²) < 4.78 is 18.7. The van der Waals surface area contributed by atoms with E-state index < -0.39 is 0 Å². The highest BCUT2D eigenvalue weighted by atomic mass is 35.5. The smallest absolute Gasteiger partial charge is 0.224 e. The van der Waals surface area contributed by atoms with Crippen molar-refractivity contribution in [2.24, 2.45) is 0 Å². The SMILES string of the molecule is O=C(Cc1ccc(F)cc1Cl)NC1CCN(CC2CCCO2)CC1. The van der Waals surface area contributed by atoms with Gasteiger partial charge in [-0.15, -0.1) is 0 Å². The second-order valence-corrected chi connectivity index (χ2v) is 7.10. The standard InChI is InChI=1S/C18H24ClFN2O2/c19-17-11-14(20)4-3-13(17)10-18(23)21-15-5-7-22(8-6-15)12-16-2-1-9-24-16/h3-4,11,15-16H,1-2,5-10,12H2,(H,21,23). The summed E-state index contributed by atoms with van der Waals surface area (Å²) in [6.45, 7) is 3.87. The molecule has 0 radical (unpaired) electrons. The first kappa shape index (κ1) is 17.6. The fourth-order valence-corrected chi connectivity index (χ4v) is 3.69. The van der Waals surface area contributed by atoms with Crippen LogP contribution in [0.4, 0.5) is 4.39 Å². The van der Waals surface area contributed by atoms with E-state index in [1.54, 1.807) is 6.07 Å². The van der Waals surface area contributed by atoms with E-state index in [-0.39, 0.29) is 24.2 Å². The van der Waals surface area contributed by atoms with E-state index >= 15 is 0 Å². The number of hydrogen-bond donors (Lipinski definition) is 1. The second kappa shape index (κ2) is 8.28. The van der Waals surface area contributed by atoms with Gasteiger partial charge in [0.25, 0.3) is 0 Å². The number of rotatable bonds is 5. The molecule has 2 fully saturated rings. The van der Waals surface area contributed by atoms with Gasteiger partial charge in [0, 0.05) is 37.3 Å². The van der Waals surface area contributed by atoms with Crippen molar-refractivity contribution in [1.29, 1.82) is 0 Å². The summed E-state index contributed by atoms with van der Waals surface area (Å²) in [5, 5.41) is 3.38. The van der Waals surface area contributed by atoms with Gasteiger partial charge in [0.2, 0.25) is 5.91 Å². The van der Waals surface area contributed by atoms with Crippen LogP contribution in [0.15, 0.2) is 18.2 Å². The summed E-state index contributed by atoms with van der Waals surface area (Å²) in [5.41, 5.74) is 0.659. The van der Waals surface area contributed by atoms with Crippen molar-refractivity contribution in [2.45, 2.75) is 44.2 Å². The van der Waals surface area contributed by atoms with E-state index in [2.05, 4.69) is 10.2 Å². The third-order valence-electron chi connectivity index (χ3n) is 4.80. The molecule has 3 rings (SSSR count). The number of carbonyl (C=O) groups is 1. The predicted molar refractivity (Wildman–Crippen MR) is 91.7 cm³/mol. The zero-order valence-corrected chi connectivity index (χ0v) is 14.5. The molecule has 1 N–H and O–H groups in total. The predicted octanol–water partition coefficient (Wildman–Crippen LogP) is 2.78. The molecule has 1 unspecified atom stereocenters. The number of hydrogen-bond acceptors (Lipinski definition) is 3. The summed E-state index contributed by atoms with van der Waals surface area (Å²) in [7, 11) is 0. The lowest BCUT2D eigenvalue weighted by Crippen LogP contribution is -2.46. The zero-order chi connectivity index (χ0) is 16.9. The summed E-state index contributed by atoms with van der Waals surface area (Å²) in [6, 6.07) is 4.35. The lowest BCUT2D eigenvalue weighted by atomic mass is 10.0. The molecule has 6 heteroatoms. The van der Waals surface area contributed by atoms with Crippen LogP contribution in [0.5, 0.6) is 0 Å². The molecule has 24 heavy (non-hydrogen) atoms. The molecule has 1 atom stereocenters. The molecule has 1 aromatic carbocycles. The molecule has 1 aromatic rings. The molecule has 0 aromatic heterocycles. The molecule has 0 aliphatic carbocycles. The Bertz CT molecular complexity index is 570. The summed E-state index contributed by atoms with van der Waals surface area (Å²) in [5.74, 6) is -0.441. The Kier molecular flexibility index (Phi) is 6.09. The van der Waals surface area contributed by atoms with Crippen LogP contribution in [0.25, 0.3) is 0 Å². The minimum absolute atomic E-state index is 0.0546. The molecule has 0 spiro atoms. The van der Waals surface area contributed by atoms with Gasteiger partial charge in [0.15, 0.2) is 0 Å². The van der Waals surface area contributed by atoms with Crippen LogP contribution in [0.2, 0.25) is 5.02 Å². The molecule has 2 aliphatic heterocycles. The van der Waals surface area contributed by atoms with Crippen molar-refractivity contribution < 1.29 is 13.9 Å². The molecule has 2 heterocycles. The number of carbonyl (C=O) groups excluding carboxylic acids is 1. The first-order valence-corrected chi connectivity index (χ1v) is 9.05. The van der Waals surface area contributed by atoms with Crippen molar-refractivity contribution in [3.05, 3.63) is 34.6 Å². The van der Waals surface area contributed by atoms with Crippen molar-refractivity contribution in [1.82, 2.24) is 10.2 Å². The number of likely N-dealkylation sites (tertiary alicyclic amines) is 1. The summed E-state index contributed by atoms with van der Waals surface area (Å²) >= 11 is 5.98. The van der Waals surface area contributed by atoms with Gasteiger partial charge < -0.3 is 15.0 Å². The first-order valence-electron chi connectivity index (χ1n) is 8.67. The topological polar surface area (TPSA) is 41.6 Å². The van der Waals surface area contributed by atoms with Crippen molar-refractivity contribution in [3.8, 4) is 0 Å². The number of amides is 1. The van der Waals surface area contributed by atoms with Crippen molar-refractivity contribution in [3.63, 3.8) is 0 Å². The number of nitrogens with zero attached hydrogens (tertiary/aromatic N) is 1. The molecule has 2 saturated heterocycles. The van der Waals surface area contributed by atoms with E-state index in [1.807, 2.05) is 0 Å². The summed E-state index contributed by atoms with van der Waals surface area (Å²) in [4.78, 5) is 14.6. The lowest BCUT2D eigenvalue weighted by Gasteiger charge is -2.33. The lowest BCUT2D eigenvalue weighted by molar-refractivity contribution is -0.121. The molecule has 2 aliphatic rings. The van der Waals surface area contributed by atoms with Crippen LogP contribution in [0.3, 0.4) is 0 Å². The number of ether oxygens (including phenoxy) is 1. The van der Waals surface area contributed by atoms with Gasteiger partial charge in [-0.25, -0.2) is 4.39 Å². The van der Waals surface area contributed by atoms with E-state index in [0.29, 0.717) is 16.7 Å². The first-order chi connectivity index (χ1) is 11.6. The number of halogens is 2. The average molecular weight is 355 g/mol. The Morgan fingerprint density at radius 2 is 2.12 bits per heavy atom. The van der Waals surface area contributed by atoms with Crippen LogP contribution in [-0.4, -0.2) is 49.2 Å². The molecule has 132 valence electrons. The Balaban J connectivity index is 1.41. The van der Waals surface area contributed by atoms with E-state index in [1.165, 1.54) is 18.6 Å². The molecule has 4 nitrogen and oxygen atoms in total. The fraction of sp³-hybridized carbons (Fsp3) is 0.611. The number of benzene rings is 1. The van der Waals surface area contributed by atoms with Crippen LogP contribution in [0.1, 0.15) is 31.2 Å². The Morgan fingerprint density at radius 1 is 1.33 bits per heavy atom. The number of piperidine rings is 1. The van der Waals surface area contributed by atoms with Gasteiger partial charge in [-0.1, -0.05) is 17.7 Å². The molecule has 1 amide bonds. The highest BCUT2D eigenvalue weighted by Crippen LogP contribution is 2.19. The maximum Gasteiger partial charge on any atom is 0.224 e. The summed E-state index contributed by atoms with van der Waals surface area (Å²) in [6.07, 6.45) is 4.82. The largest absolute Gasteiger partial charge is 0.377 e. The zero-order valence-electron chi connectivity index (χ0n) is 13.8. The third-order valence-corrected chi connectivity index (χ3v) is 5.16. The van der Waals surface area contributed by atoms with Crippen LogP contribution >= 0.6 is 11.6 Å². The van der Waals surface area contributed by atoms with Crippen molar-refractivity contribution >= 4 is 17.5 Å². The van der Waals surface area contributed by atoms with E-state index in [9.17, 15) is 9.18 Å². The number of nitrogens with one attached hydrogen (secondary N) is 1. The normalized spacial score (nSPS) is 22.7. The van der Waals surface area contributed by atoms with Gasteiger partial charge in [-0.2, -0.15) is 0 Å². The minimum Gasteiger partial charge on any atom is -0.377 e. The molecular weight excluding hydrogens is 331 g/mol. The molecule has 0 bridgehead atoms. The van der Waals surface area contributed by atoms with Gasteiger partial charge in [0.05, 0.1) is 12.5 Å². The second-order valence-electron chi connectivity index (χ2n) is 6.69. The van der Waals surface area contributed by atoms with Crippen LogP contribution in [0, 0.1) is 5.82 Å². The average Bonchev–Trinajstić information content (AvgIpc) is 3.05. The monoisotopic (exact) mass is 354 g/mol. The minimum atomic E-state index is -0.386. The highest BCUT2D eigenvalue weighted by molar-refractivity contribution is 6.31. The van der Waals surface area contributed by atoms with Gasteiger partial charge in [-0.3, -0.25) is 4.79 Å². The van der Waals surface area contributed by atoms with Crippen LogP contribution in [-0.2, 0) is 16.0 Å². The third kappa shape index (κ3) is 4.91. The highest BCUT2D eigenvalue weighted by Gasteiger charge is 2.24. The maximum atomic E-state index is 13.0.